The molecule has 1 fully saturated rings. The highest BCUT2D eigenvalue weighted by Gasteiger charge is 2.30. The molecule has 9 nitrogen and oxygen atoms in total. The fraction of sp³-hybridized carbons (Fsp3) is 0.421. The highest BCUT2D eigenvalue weighted by molar-refractivity contribution is 5.92. The van der Waals surface area contributed by atoms with Crippen molar-refractivity contribution in [2.24, 2.45) is 5.92 Å². The average molecular weight is 386 g/mol. The predicted octanol–water partition coefficient (Wildman–Crippen LogP) is 2.93. The molecule has 9 heteroatoms. The third-order valence-corrected chi connectivity index (χ3v) is 5.05. The zero-order chi connectivity index (χ0) is 20.1. The summed E-state index contributed by atoms with van der Waals surface area (Å²) in [4.78, 5) is 34.4. The number of hydrogen-bond acceptors (Lipinski definition) is 5. The number of benzene rings is 1. The van der Waals surface area contributed by atoms with Gasteiger partial charge >= 0.3 is 5.97 Å². The van der Waals surface area contributed by atoms with Crippen LogP contribution in [0.2, 0.25) is 0 Å². The van der Waals surface area contributed by atoms with Gasteiger partial charge in [-0.3, -0.25) is 19.7 Å². The third-order valence-electron chi connectivity index (χ3n) is 5.05. The zero-order valence-corrected chi connectivity index (χ0v) is 15.3. The lowest BCUT2D eigenvalue weighted by Gasteiger charge is -2.26. The van der Waals surface area contributed by atoms with Gasteiger partial charge in [-0.05, 0) is 31.0 Å². The van der Waals surface area contributed by atoms with Crippen LogP contribution in [-0.2, 0) is 4.79 Å². The van der Waals surface area contributed by atoms with Gasteiger partial charge < -0.3 is 10.4 Å². The molecule has 2 N–H and O–H groups in total. The predicted molar refractivity (Wildman–Crippen MR) is 100 cm³/mol. The van der Waals surface area contributed by atoms with Crippen molar-refractivity contribution in [3.8, 4) is 5.69 Å². The Labute approximate surface area is 161 Å². The standard InChI is InChI=1S/C19H22N4O5/c24-18(20-16-6-4-2-1-3-5-15(16)19(25)26)17-11-12-22(21-17)13-7-9-14(10-8-13)23(27)28/h7-12,15-16H,1-6H2,(H,20,24)(H,25,26). The Morgan fingerprint density at radius 3 is 2.43 bits per heavy atom. The Morgan fingerprint density at radius 2 is 1.79 bits per heavy atom. The number of nitro groups is 1. The molecule has 1 aromatic heterocycles. The Kier molecular flexibility index (Phi) is 6.03. The summed E-state index contributed by atoms with van der Waals surface area (Å²) < 4.78 is 1.45. The molecule has 2 aromatic rings. The average Bonchev–Trinajstić information content (AvgIpc) is 3.14. The van der Waals surface area contributed by atoms with Crippen LogP contribution in [0.25, 0.3) is 5.69 Å². The van der Waals surface area contributed by atoms with Crippen molar-refractivity contribution in [3.63, 3.8) is 0 Å². The summed E-state index contributed by atoms with van der Waals surface area (Å²) in [7, 11) is 0. The number of carboxylic acids is 1. The van der Waals surface area contributed by atoms with Gasteiger partial charge in [0, 0.05) is 24.4 Å². The van der Waals surface area contributed by atoms with Crippen LogP contribution < -0.4 is 5.32 Å². The second-order valence-corrected chi connectivity index (χ2v) is 6.94. The monoisotopic (exact) mass is 386 g/mol. The number of nitrogens with zero attached hydrogens (tertiary/aromatic N) is 3. The van der Waals surface area contributed by atoms with Crippen molar-refractivity contribution in [3.05, 3.63) is 52.3 Å². The van der Waals surface area contributed by atoms with Crippen molar-refractivity contribution in [1.82, 2.24) is 15.1 Å². The molecule has 1 heterocycles. The number of aliphatic carboxylic acids is 1. The lowest BCUT2D eigenvalue weighted by molar-refractivity contribution is -0.384. The molecule has 1 saturated carbocycles. The van der Waals surface area contributed by atoms with Crippen LogP contribution in [0.5, 0.6) is 0 Å². The first-order valence-corrected chi connectivity index (χ1v) is 9.30. The van der Waals surface area contributed by atoms with E-state index in [0.717, 1.165) is 25.7 Å². The molecule has 28 heavy (non-hydrogen) atoms. The quantitative estimate of drug-likeness (QED) is 0.601. The molecule has 1 amide bonds. The van der Waals surface area contributed by atoms with Crippen LogP contribution in [0.1, 0.15) is 49.0 Å². The van der Waals surface area contributed by atoms with E-state index in [1.165, 1.54) is 22.9 Å². The summed E-state index contributed by atoms with van der Waals surface area (Å²) in [6.45, 7) is 0. The molecule has 0 radical (unpaired) electrons. The summed E-state index contributed by atoms with van der Waals surface area (Å²) in [6.07, 6.45) is 6.55. The largest absolute Gasteiger partial charge is 0.481 e. The van der Waals surface area contributed by atoms with Gasteiger partial charge in [-0.1, -0.05) is 25.7 Å². The van der Waals surface area contributed by atoms with Crippen LogP contribution in [0, 0.1) is 16.0 Å². The highest BCUT2D eigenvalue weighted by Crippen LogP contribution is 2.23. The first-order valence-electron chi connectivity index (χ1n) is 9.30. The van der Waals surface area contributed by atoms with Gasteiger partial charge in [-0.2, -0.15) is 5.10 Å². The number of nitro benzene ring substituents is 1. The highest BCUT2D eigenvalue weighted by atomic mass is 16.6. The summed E-state index contributed by atoms with van der Waals surface area (Å²) in [5.74, 6) is -1.90. The summed E-state index contributed by atoms with van der Waals surface area (Å²) >= 11 is 0. The van der Waals surface area contributed by atoms with Crippen molar-refractivity contribution in [2.75, 3.05) is 0 Å². The van der Waals surface area contributed by atoms with E-state index in [9.17, 15) is 24.8 Å². The molecule has 2 unspecified atom stereocenters. The first-order chi connectivity index (χ1) is 13.5. The van der Waals surface area contributed by atoms with E-state index < -0.39 is 28.8 Å². The molecule has 0 bridgehead atoms. The number of nitrogens with one attached hydrogen (secondary N) is 1. The smallest absolute Gasteiger partial charge is 0.308 e. The van der Waals surface area contributed by atoms with E-state index in [2.05, 4.69) is 10.4 Å². The SMILES string of the molecule is O=C(NC1CCCCCCC1C(=O)O)c1ccn(-c2ccc([N+](=O)[O-])cc2)n1. The lowest BCUT2D eigenvalue weighted by atomic mass is 9.86. The van der Waals surface area contributed by atoms with E-state index in [4.69, 9.17) is 0 Å². The maximum atomic E-state index is 12.6. The van der Waals surface area contributed by atoms with Crippen LogP contribution in [-0.4, -0.2) is 37.7 Å². The van der Waals surface area contributed by atoms with E-state index in [-0.39, 0.29) is 11.4 Å². The van der Waals surface area contributed by atoms with E-state index in [1.54, 1.807) is 18.3 Å². The Morgan fingerprint density at radius 1 is 1.11 bits per heavy atom. The van der Waals surface area contributed by atoms with Gasteiger partial charge in [0.2, 0.25) is 0 Å². The zero-order valence-electron chi connectivity index (χ0n) is 15.3. The number of carboxylic acid groups (broad SMARTS) is 1. The number of rotatable bonds is 5. The van der Waals surface area contributed by atoms with Gasteiger partial charge in [0.25, 0.3) is 11.6 Å². The number of carbonyl (C=O) groups excluding carboxylic acids is 1. The van der Waals surface area contributed by atoms with Gasteiger partial charge in [0.1, 0.15) is 0 Å². The van der Waals surface area contributed by atoms with E-state index >= 15 is 0 Å². The molecule has 1 aliphatic carbocycles. The summed E-state index contributed by atoms with van der Waals surface area (Å²) in [6, 6.07) is 6.93. The number of hydrogen-bond donors (Lipinski definition) is 2. The number of carbonyl (C=O) groups is 2. The van der Waals surface area contributed by atoms with Crippen LogP contribution in [0.15, 0.2) is 36.5 Å². The van der Waals surface area contributed by atoms with Gasteiger partial charge in [-0.25, -0.2) is 4.68 Å². The molecule has 1 aliphatic rings. The van der Waals surface area contributed by atoms with E-state index in [0.29, 0.717) is 18.5 Å². The topological polar surface area (TPSA) is 127 Å². The molecule has 1 aromatic carbocycles. The normalized spacial score (nSPS) is 20.0. The summed E-state index contributed by atoms with van der Waals surface area (Å²) in [5.41, 5.74) is 0.724. The molecule has 0 saturated heterocycles. The molecule has 3 rings (SSSR count). The molecule has 0 aliphatic heterocycles. The Balaban J connectivity index is 1.72. The molecular weight excluding hydrogens is 364 g/mol. The number of amides is 1. The molecule has 2 atom stereocenters. The second-order valence-electron chi connectivity index (χ2n) is 6.94. The number of aromatic nitrogens is 2. The molecule has 148 valence electrons. The van der Waals surface area contributed by atoms with Gasteiger partial charge in [0.05, 0.1) is 16.5 Å². The minimum atomic E-state index is -0.886. The number of non-ortho nitro benzene ring substituents is 1. The maximum absolute atomic E-state index is 12.6. The van der Waals surface area contributed by atoms with Gasteiger partial charge in [-0.15, -0.1) is 0 Å². The first kappa shape index (κ1) is 19.5. The molecule has 0 spiro atoms. The van der Waals surface area contributed by atoms with Crippen LogP contribution in [0.3, 0.4) is 0 Å². The second kappa shape index (κ2) is 8.64. The maximum Gasteiger partial charge on any atom is 0.308 e. The minimum Gasteiger partial charge on any atom is -0.481 e. The Bertz CT molecular complexity index is 861. The fourth-order valence-electron chi connectivity index (χ4n) is 3.51. The van der Waals surface area contributed by atoms with Crippen molar-refractivity contribution in [1.29, 1.82) is 0 Å². The van der Waals surface area contributed by atoms with Crippen LogP contribution >= 0.6 is 0 Å². The third kappa shape index (κ3) is 4.54. The summed E-state index contributed by atoms with van der Waals surface area (Å²) in [5, 5.41) is 27.3. The Hall–Kier alpha value is -3.23. The lowest BCUT2D eigenvalue weighted by Crippen LogP contribution is -2.44. The minimum absolute atomic E-state index is 0.0298. The van der Waals surface area contributed by atoms with Gasteiger partial charge in [0.15, 0.2) is 5.69 Å². The van der Waals surface area contributed by atoms with E-state index in [1.807, 2.05) is 0 Å². The molecular formula is C19H22N4O5. The van der Waals surface area contributed by atoms with Crippen LogP contribution in [0.4, 0.5) is 5.69 Å². The van der Waals surface area contributed by atoms with Crippen molar-refractivity contribution in [2.45, 2.75) is 44.6 Å². The van der Waals surface area contributed by atoms with Crippen molar-refractivity contribution < 1.29 is 19.6 Å². The fourth-order valence-corrected chi connectivity index (χ4v) is 3.51. The van der Waals surface area contributed by atoms with Crippen molar-refractivity contribution >= 4 is 17.6 Å².